The molecule has 6 heteroatoms. The normalized spacial score (nSPS) is 10.4. The Bertz CT molecular complexity index is 563. The Balaban J connectivity index is 2.25. The SMILES string of the molecule is NCc1ccc(Oc2cc(F)c(Cl)cc2Br)nc1. The molecule has 0 amide bonds. The number of pyridine rings is 1. The van der Waals surface area contributed by atoms with Crippen LogP contribution >= 0.6 is 27.5 Å². The van der Waals surface area contributed by atoms with Crippen LogP contribution in [-0.4, -0.2) is 4.98 Å². The Hall–Kier alpha value is -1.17. The van der Waals surface area contributed by atoms with Gasteiger partial charge in [0.15, 0.2) is 0 Å². The van der Waals surface area contributed by atoms with Crippen LogP contribution in [0.1, 0.15) is 5.56 Å². The number of hydrogen-bond donors (Lipinski definition) is 1. The molecule has 0 atom stereocenters. The third-order valence-electron chi connectivity index (χ3n) is 2.22. The van der Waals surface area contributed by atoms with E-state index in [9.17, 15) is 4.39 Å². The quantitative estimate of drug-likeness (QED) is 0.868. The van der Waals surface area contributed by atoms with Gasteiger partial charge in [0.05, 0.1) is 9.50 Å². The Morgan fingerprint density at radius 2 is 2.17 bits per heavy atom. The van der Waals surface area contributed by atoms with Gasteiger partial charge in [0.2, 0.25) is 5.88 Å². The van der Waals surface area contributed by atoms with Crippen molar-refractivity contribution in [2.24, 2.45) is 5.73 Å². The van der Waals surface area contributed by atoms with Crippen LogP contribution in [0, 0.1) is 5.82 Å². The van der Waals surface area contributed by atoms with E-state index in [1.165, 1.54) is 12.1 Å². The molecule has 0 aliphatic rings. The first-order valence-electron chi connectivity index (χ1n) is 5.07. The predicted octanol–water partition coefficient (Wildman–Crippen LogP) is 3.89. The van der Waals surface area contributed by atoms with Crippen LogP contribution in [0.15, 0.2) is 34.9 Å². The largest absolute Gasteiger partial charge is 0.438 e. The summed E-state index contributed by atoms with van der Waals surface area (Å²) in [4.78, 5) is 4.06. The summed E-state index contributed by atoms with van der Waals surface area (Å²) < 4.78 is 19.3. The number of hydrogen-bond acceptors (Lipinski definition) is 3. The minimum absolute atomic E-state index is 0.0284. The van der Waals surface area contributed by atoms with E-state index in [1.807, 2.05) is 0 Å². The molecule has 0 aliphatic carbocycles. The van der Waals surface area contributed by atoms with Crippen LogP contribution in [-0.2, 0) is 6.54 Å². The summed E-state index contributed by atoms with van der Waals surface area (Å²) in [5, 5.41) is 0.0284. The number of rotatable bonds is 3. The summed E-state index contributed by atoms with van der Waals surface area (Å²) in [6.45, 7) is 0.409. The van der Waals surface area contributed by atoms with Crippen LogP contribution in [0.4, 0.5) is 4.39 Å². The van der Waals surface area contributed by atoms with Crippen molar-refractivity contribution in [1.29, 1.82) is 0 Å². The van der Waals surface area contributed by atoms with Crippen molar-refractivity contribution >= 4 is 27.5 Å². The molecule has 2 aromatic rings. The molecule has 1 aromatic carbocycles. The van der Waals surface area contributed by atoms with Crippen molar-refractivity contribution < 1.29 is 9.13 Å². The molecular weight excluding hydrogens is 322 g/mol. The van der Waals surface area contributed by atoms with Crippen molar-refractivity contribution in [2.45, 2.75) is 6.54 Å². The Kier molecular flexibility index (Phi) is 4.16. The molecule has 1 heterocycles. The van der Waals surface area contributed by atoms with E-state index < -0.39 is 5.82 Å². The maximum Gasteiger partial charge on any atom is 0.219 e. The van der Waals surface area contributed by atoms with Crippen molar-refractivity contribution in [3.05, 3.63) is 51.3 Å². The molecule has 0 spiro atoms. The summed E-state index contributed by atoms with van der Waals surface area (Å²) in [5.41, 5.74) is 6.35. The highest BCUT2D eigenvalue weighted by molar-refractivity contribution is 9.10. The standard InChI is InChI=1S/C12H9BrClFN2O/c13-8-3-9(14)10(15)4-11(8)18-12-2-1-7(5-16)6-17-12/h1-4,6H,5,16H2. The van der Waals surface area contributed by atoms with E-state index in [-0.39, 0.29) is 5.02 Å². The van der Waals surface area contributed by atoms with Gasteiger partial charge in [-0.3, -0.25) is 0 Å². The zero-order valence-corrected chi connectivity index (χ0v) is 11.5. The number of nitrogens with two attached hydrogens (primary N) is 1. The van der Waals surface area contributed by atoms with Crippen LogP contribution in [0.5, 0.6) is 11.6 Å². The number of benzene rings is 1. The zero-order valence-electron chi connectivity index (χ0n) is 9.16. The van der Waals surface area contributed by atoms with Crippen LogP contribution in [0.2, 0.25) is 5.02 Å². The maximum atomic E-state index is 13.3. The fraction of sp³-hybridized carbons (Fsp3) is 0.0833. The monoisotopic (exact) mass is 330 g/mol. The topological polar surface area (TPSA) is 48.1 Å². The second-order valence-electron chi connectivity index (χ2n) is 3.51. The van der Waals surface area contributed by atoms with E-state index in [2.05, 4.69) is 20.9 Å². The van der Waals surface area contributed by atoms with Gasteiger partial charge in [-0.2, -0.15) is 0 Å². The molecule has 0 radical (unpaired) electrons. The fourth-order valence-electron chi connectivity index (χ4n) is 1.29. The molecule has 0 aliphatic heterocycles. The molecule has 3 nitrogen and oxygen atoms in total. The number of nitrogens with zero attached hydrogens (tertiary/aromatic N) is 1. The van der Waals surface area contributed by atoms with E-state index in [0.717, 1.165) is 5.56 Å². The third-order valence-corrected chi connectivity index (χ3v) is 3.13. The first kappa shape index (κ1) is 13.3. The lowest BCUT2D eigenvalue weighted by Gasteiger charge is -2.08. The van der Waals surface area contributed by atoms with Gasteiger partial charge < -0.3 is 10.5 Å². The van der Waals surface area contributed by atoms with Gasteiger partial charge in [0, 0.05) is 24.9 Å². The molecular formula is C12H9BrClFN2O. The average molecular weight is 332 g/mol. The lowest BCUT2D eigenvalue weighted by molar-refractivity contribution is 0.455. The second-order valence-corrected chi connectivity index (χ2v) is 4.77. The molecule has 0 fully saturated rings. The highest BCUT2D eigenvalue weighted by Gasteiger charge is 2.09. The first-order valence-corrected chi connectivity index (χ1v) is 6.24. The number of halogens is 3. The second kappa shape index (κ2) is 5.65. The van der Waals surface area contributed by atoms with Crippen molar-refractivity contribution in [1.82, 2.24) is 4.98 Å². The first-order chi connectivity index (χ1) is 8.60. The molecule has 18 heavy (non-hydrogen) atoms. The van der Waals surface area contributed by atoms with Crippen LogP contribution in [0.3, 0.4) is 0 Å². The smallest absolute Gasteiger partial charge is 0.219 e. The van der Waals surface area contributed by atoms with Gasteiger partial charge >= 0.3 is 0 Å². The molecule has 94 valence electrons. The summed E-state index contributed by atoms with van der Waals surface area (Å²) in [6.07, 6.45) is 1.61. The van der Waals surface area contributed by atoms with Gasteiger partial charge in [0.1, 0.15) is 11.6 Å². The molecule has 2 rings (SSSR count). The van der Waals surface area contributed by atoms with Gasteiger partial charge in [-0.25, -0.2) is 9.37 Å². The molecule has 0 unspecified atom stereocenters. The minimum atomic E-state index is -0.548. The highest BCUT2D eigenvalue weighted by Crippen LogP contribution is 2.33. The average Bonchev–Trinajstić information content (AvgIpc) is 2.37. The minimum Gasteiger partial charge on any atom is -0.438 e. The fourth-order valence-corrected chi connectivity index (χ4v) is 2.01. The van der Waals surface area contributed by atoms with E-state index in [1.54, 1.807) is 18.3 Å². The van der Waals surface area contributed by atoms with E-state index in [4.69, 9.17) is 22.1 Å². The third kappa shape index (κ3) is 2.98. The highest BCUT2D eigenvalue weighted by atomic mass is 79.9. The molecule has 0 bridgehead atoms. The van der Waals surface area contributed by atoms with E-state index in [0.29, 0.717) is 22.6 Å². The Morgan fingerprint density at radius 3 is 2.78 bits per heavy atom. The van der Waals surface area contributed by atoms with Crippen molar-refractivity contribution in [2.75, 3.05) is 0 Å². The number of ether oxygens (including phenoxy) is 1. The summed E-state index contributed by atoms with van der Waals surface area (Å²) in [5.74, 6) is 0.118. The van der Waals surface area contributed by atoms with Crippen molar-refractivity contribution in [3.8, 4) is 11.6 Å². The molecule has 0 saturated carbocycles. The lowest BCUT2D eigenvalue weighted by atomic mass is 10.3. The molecule has 1 aromatic heterocycles. The lowest BCUT2D eigenvalue weighted by Crippen LogP contribution is -1.97. The van der Waals surface area contributed by atoms with Crippen LogP contribution in [0.25, 0.3) is 0 Å². The molecule has 2 N–H and O–H groups in total. The molecule has 0 saturated heterocycles. The number of aromatic nitrogens is 1. The predicted molar refractivity (Wildman–Crippen MR) is 71.3 cm³/mol. The van der Waals surface area contributed by atoms with E-state index >= 15 is 0 Å². The maximum absolute atomic E-state index is 13.3. The van der Waals surface area contributed by atoms with Gasteiger partial charge in [-0.05, 0) is 27.6 Å². The summed E-state index contributed by atoms with van der Waals surface area (Å²) in [7, 11) is 0. The summed E-state index contributed by atoms with van der Waals surface area (Å²) in [6, 6.07) is 6.09. The van der Waals surface area contributed by atoms with Crippen molar-refractivity contribution in [3.63, 3.8) is 0 Å². The van der Waals surface area contributed by atoms with Gasteiger partial charge in [-0.1, -0.05) is 17.7 Å². The zero-order chi connectivity index (χ0) is 13.1. The Labute approximate surface area is 117 Å². The van der Waals surface area contributed by atoms with Crippen LogP contribution < -0.4 is 10.5 Å². The van der Waals surface area contributed by atoms with Gasteiger partial charge in [0.25, 0.3) is 0 Å². The summed E-state index contributed by atoms with van der Waals surface area (Å²) >= 11 is 8.88. The Morgan fingerprint density at radius 1 is 1.39 bits per heavy atom. The van der Waals surface area contributed by atoms with Gasteiger partial charge in [-0.15, -0.1) is 0 Å².